The largest absolute Gasteiger partial charge is 0.302 e. The van der Waals surface area contributed by atoms with Gasteiger partial charge in [-0.15, -0.1) is 0 Å². The van der Waals surface area contributed by atoms with Crippen molar-refractivity contribution < 1.29 is 4.79 Å². The van der Waals surface area contributed by atoms with E-state index in [-0.39, 0.29) is 5.91 Å². The van der Waals surface area contributed by atoms with Gasteiger partial charge in [-0.3, -0.25) is 10.2 Å². The van der Waals surface area contributed by atoms with Crippen molar-refractivity contribution in [3.8, 4) is 0 Å². The van der Waals surface area contributed by atoms with Gasteiger partial charge < -0.3 is 5.43 Å². The number of hydrogen-bond donors (Lipinski definition) is 2. The van der Waals surface area contributed by atoms with Crippen molar-refractivity contribution in [1.29, 1.82) is 0 Å². The number of hydrogen-bond acceptors (Lipinski definition) is 2. The maximum Gasteiger partial charge on any atom is 0.249 e. The van der Waals surface area contributed by atoms with Crippen LogP contribution in [-0.4, -0.2) is 5.91 Å². The van der Waals surface area contributed by atoms with E-state index in [1.807, 2.05) is 19.9 Å². The molecule has 1 aromatic carbocycles. The number of carbonyl (C=O) groups excluding carboxylic acids is 1. The van der Waals surface area contributed by atoms with Crippen LogP contribution in [0.5, 0.6) is 0 Å². The molecule has 0 aromatic heterocycles. The van der Waals surface area contributed by atoms with Gasteiger partial charge in [-0.1, -0.05) is 37.6 Å². The van der Waals surface area contributed by atoms with Crippen molar-refractivity contribution in [2.45, 2.75) is 33.6 Å². The smallest absolute Gasteiger partial charge is 0.249 e. The van der Waals surface area contributed by atoms with Crippen LogP contribution in [0.2, 0.25) is 0 Å². The van der Waals surface area contributed by atoms with Crippen LogP contribution in [0.4, 0.5) is 0 Å². The molecule has 1 amide bonds. The molecule has 0 saturated carbocycles. The zero-order chi connectivity index (χ0) is 13.2. The molecular formula is C15H20N2O. The van der Waals surface area contributed by atoms with Gasteiger partial charge in [-0.25, -0.2) is 0 Å². The Morgan fingerprint density at radius 2 is 2.06 bits per heavy atom. The molecule has 18 heavy (non-hydrogen) atoms. The van der Waals surface area contributed by atoms with Crippen LogP contribution < -0.4 is 10.9 Å². The standard InChI is InChI=1S/C15H20N2O/c1-4-6-11-7-5-8-12(9-11)10-13-15(2,3)14(18)17-16-13/h5,7-10,16H,4,6H2,1-3H3,(H,17,18)/b13-10-. The van der Waals surface area contributed by atoms with Crippen molar-refractivity contribution in [1.82, 2.24) is 10.9 Å². The predicted molar refractivity (Wildman–Crippen MR) is 73.5 cm³/mol. The summed E-state index contributed by atoms with van der Waals surface area (Å²) in [6.07, 6.45) is 4.27. The molecule has 96 valence electrons. The maximum atomic E-state index is 11.7. The maximum absolute atomic E-state index is 11.7. The molecule has 1 heterocycles. The van der Waals surface area contributed by atoms with Gasteiger partial charge in [0, 0.05) is 5.70 Å². The second kappa shape index (κ2) is 4.84. The van der Waals surface area contributed by atoms with Crippen LogP contribution in [0.15, 0.2) is 30.0 Å². The van der Waals surface area contributed by atoms with Gasteiger partial charge in [0.05, 0.1) is 5.41 Å². The number of benzene rings is 1. The SMILES string of the molecule is CCCc1cccc(/C=C2\NNC(=O)C2(C)C)c1. The van der Waals surface area contributed by atoms with Gasteiger partial charge in [0.15, 0.2) is 0 Å². The summed E-state index contributed by atoms with van der Waals surface area (Å²) >= 11 is 0. The summed E-state index contributed by atoms with van der Waals surface area (Å²) in [6.45, 7) is 6.02. The fourth-order valence-corrected chi connectivity index (χ4v) is 2.07. The molecule has 1 aliphatic rings. The molecule has 0 atom stereocenters. The molecule has 1 aliphatic heterocycles. The van der Waals surface area contributed by atoms with E-state index in [1.54, 1.807) is 0 Å². The summed E-state index contributed by atoms with van der Waals surface area (Å²) in [5, 5.41) is 0. The average molecular weight is 244 g/mol. The third kappa shape index (κ3) is 2.40. The zero-order valence-corrected chi connectivity index (χ0v) is 11.2. The highest BCUT2D eigenvalue weighted by atomic mass is 16.2. The van der Waals surface area contributed by atoms with Gasteiger partial charge in [-0.2, -0.15) is 0 Å². The molecule has 0 spiro atoms. The van der Waals surface area contributed by atoms with Gasteiger partial charge >= 0.3 is 0 Å². The Morgan fingerprint density at radius 3 is 2.67 bits per heavy atom. The molecular weight excluding hydrogens is 224 g/mol. The lowest BCUT2D eigenvalue weighted by Gasteiger charge is -2.14. The van der Waals surface area contributed by atoms with E-state index in [4.69, 9.17) is 0 Å². The Hall–Kier alpha value is -1.77. The fraction of sp³-hybridized carbons (Fsp3) is 0.400. The quantitative estimate of drug-likeness (QED) is 0.858. The average Bonchev–Trinajstić information content (AvgIpc) is 2.57. The van der Waals surface area contributed by atoms with Crippen LogP contribution in [0.3, 0.4) is 0 Å². The Kier molecular flexibility index (Phi) is 3.41. The summed E-state index contributed by atoms with van der Waals surface area (Å²) in [4.78, 5) is 11.7. The minimum absolute atomic E-state index is 0.0125. The van der Waals surface area contributed by atoms with Gasteiger partial charge in [0.2, 0.25) is 5.91 Å². The van der Waals surface area contributed by atoms with Gasteiger partial charge in [0.1, 0.15) is 0 Å². The Labute approximate surface area is 108 Å². The molecule has 0 unspecified atom stereocenters. The van der Waals surface area contributed by atoms with E-state index >= 15 is 0 Å². The number of nitrogens with one attached hydrogen (secondary N) is 2. The lowest BCUT2D eigenvalue weighted by atomic mass is 9.89. The minimum atomic E-state index is -0.485. The topological polar surface area (TPSA) is 41.1 Å². The highest BCUT2D eigenvalue weighted by Gasteiger charge is 2.37. The zero-order valence-electron chi connectivity index (χ0n) is 11.2. The lowest BCUT2D eigenvalue weighted by molar-refractivity contribution is -0.125. The highest BCUT2D eigenvalue weighted by molar-refractivity contribution is 5.89. The first-order valence-corrected chi connectivity index (χ1v) is 6.41. The first kappa shape index (κ1) is 12.7. The Bertz CT molecular complexity index is 489. The highest BCUT2D eigenvalue weighted by Crippen LogP contribution is 2.29. The van der Waals surface area contributed by atoms with Crippen molar-refractivity contribution >= 4 is 12.0 Å². The van der Waals surface area contributed by atoms with Crippen molar-refractivity contribution in [2.24, 2.45) is 5.41 Å². The predicted octanol–water partition coefficient (Wildman–Crippen LogP) is 2.64. The molecule has 3 heteroatoms. The van der Waals surface area contributed by atoms with Gasteiger partial charge in [0.25, 0.3) is 0 Å². The molecule has 2 rings (SSSR count). The van der Waals surface area contributed by atoms with Crippen molar-refractivity contribution in [2.75, 3.05) is 0 Å². The monoisotopic (exact) mass is 244 g/mol. The molecule has 0 bridgehead atoms. The minimum Gasteiger partial charge on any atom is -0.302 e. The summed E-state index contributed by atoms with van der Waals surface area (Å²) in [5.41, 5.74) is 8.52. The van der Waals surface area contributed by atoms with E-state index in [2.05, 4.69) is 42.0 Å². The molecule has 1 aromatic rings. The number of rotatable bonds is 3. The number of hydrazine groups is 1. The third-order valence-electron chi connectivity index (χ3n) is 3.35. The second-order valence-corrected chi connectivity index (χ2v) is 5.26. The number of carbonyl (C=O) groups is 1. The van der Waals surface area contributed by atoms with E-state index in [9.17, 15) is 4.79 Å². The van der Waals surface area contributed by atoms with E-state index < -0.39 is 5.41 Å². The molecule has 1 saturated heterocycles. The van der Waals surface area contributed by atoms with Crippen molar-refractivity contribution in [3.63, 3.8) is 0 Å². The number of aryl methyl sites for hydroxylation is 1. The van der Waals surface area contributed by atoms with E-state index in [1.165, 1.54) is 5.56 Å². The summed E-state index contributed by atoms with van der Waals surface area (Å²) in [7, 11) is 0. The summed E-state index contributed by atoms with van der Waals surface area (Å²) in [5.74, 6) is 0.0125. The first-order valence-electron chi connectivity index (χ1n) is 6.41. The van der Waals surface area contributed by atoms with Crippen molar-refractivity contribution in [3.05, 3.63) is 41.1 Å². The van der Waals surface area contributed by atoms with Crippen LogP contribution in [0.1, 0.15) is 38.3 Å². The molecule has 0 aliphatic carbocycles. The molecule has 0 radical (unpaired) electrons. The normalized spacial score (nSPS) is 19.7. The Morgan fingerprint density at radius 1 is 1.28 bits per heavy atom. The van der Waals surface area contributed by atoms with Crippen LogP contribution in [0, 0.1) is 5.41 Å². The summed E-state index contributed by atoms with van der Waals surface area (Å²) < 4.78 is 0. The van der Waals surface area contributed by atoms with Gasteiger partial charge in [-0.05, 0) is 37.5 Å². The molecule has 1 fully saturated rings. The van der Waals surface area contributed by atoms with E-state index in [0.29, 0.717) is 0 Å². The van der Waals surface area contributed by atoms with Crippen LogP contribution in [0.25, 0.3) is 6.08 Å². The molecule has 3 nitrogen and oxygen atoms in total. The first-order chi connectivity index (χ1) is 8.54. The number of amides is 1. The second-order valence-electron chi connectivity index (χ2n) is 5.26. The summed E-state index contributed by atoms with van der Waals surface area (Å²) in [6, 6.07) is 8.44. The molecule has 2 N–H and O–H groups in total. The van der Waals surface area contributed by atoms with E-state index in [0.717, 1.165) is 24.1 Å². The van der Waals surface area contributed by atoms with Crippen LogP contribution >= 0.6 is 0 Å². The Balaban J connectivity index is 2.28. The fourth-order valence-electron chi connectivity index (χ4n) is 2.07. The van der Waals surface area contributed by atoms with Crippen LogP contribution in [-0.2, 0) is 11.2 Å². The third-order valence-corrected chi connectivity index (χ3v) is 3.35. The lowest BCUT2D eigenvalue weighted by Crippen LogP contribution is -2.28.